The van der Waals surface area contributed by atoms with E-state index in [1.807, 2.05) is 109 Å². The topological polar surface area (TPSA) is 55.4 Å². The summed E-state index contributed by atoms with van der Waals surface area (Å²) in [6, 6.07) is 39.6. The van der Waals surface area contributed by atoms with Crippen LogP contribution < -0.4 is 4.74 Å². The third-order valence-corrected chi connectivity index (χ3v) is 10.3. The molecule has 276 valence electrons. The number of alkyl halides is 1. The fourth-order valence-electron chi connectivity index (χ4n) is 7.20. The van der Waals surface area contributed by atoms with Crippen LogP contribution in [0.2, 0.25) is 5.02 Å². The maximum atomic E-state index is 16.4. The predicted octanol–water partition coefficient (Wildman–Crippen LogP) is 9.53. The molecule has 7 rings (SSSR count). The minimum atomic E-state index is -1.62. The lowest BCUT2D eigenvalue weighted by molar-refractivity contribution is -0.356. The molecule has 2 heterocycles. The molecule has 0 aromatic heterocycles. The summed E-state index contributed by atoms with van der Waals surface area (Å²) in [5.41, 5.74) is 3.19. The molecule has 0 spiro atoms. The lowest BCUT2D eigenvalue weighted by Gasteiger charge is -2.51. The lowest BCUT2D eigenvalue weighted by Crippen LogP contribution is -2.68. The maximum absolute atomic E-state index is 16.4. The molecule has 2 aliphatic heterocycles. The van der Waals surface area contributed by atoms with Crippen molar-refractivity contribution in [2.45, 2.75) is 76.0 Å². The quantitative estimate of drug-likeness (QED) is 0.107. The minimum Gasteiger partial charge on any atom is -0.491 e. The number of halogens is 3. The van der Waals surface area contributed by atoms with Gasteiger partial charge >= 0.3 is 0 Å². The molecule has 5 aromatic rings. The van der Waals surface area contributed by atoms with Crippen molar-refractivity contribution >= 4 is 11.6 Å². The number of hydrogen-bond donors (Lipinski definition) is 0. The largest absolute Gasteiger partial charge is 0.491 e. The highest BCUT2D eigenvalue weighted by atomic mass is 35.5. The van der Waals surface area contributed by atoms with Crippen molar-refractivity contribution < 1.29 is 37.2 Å². The van der Waals surface area contributed by atoms with Crippen molar-refractivity contribution in [3.8, 4) is 5.75 Å². The Hall–Kier alpha value is -4.15. The molecular weight excluding hydrogens is 698 g/mol. The van der Waals surface area contributed by atoms with Crippen LogP contribution >= 0.6 is 11.6 Å². The zero-order valence-corrected chi connectivity index (χ0v) is 30.5. The smallest absolute Gasteiger partial charge is 0.225 e. The molecule has 0 radical (unpaired) electrons. The first-order chi connectivity index (χ1) is 25.8. The van der Waals surface area contributed by atoms with Crippen LogP contribution in [0.3, 0.4) is 0 Å². The summed E-state index contributed by atoms with van der Waals surface area (Å²) >= 11 is 6.79. The SMILES string of the molecule is CCOc1ccc(Cc2cc([C@]34OC[C@]([C@H](C)F)(O3)[C@@H](OCc3ccccc3)[C@H](OCc3ccccc3)[C@H]4OCc3ccccc3)ccc2Cl)cc1F. The predicted molar refractivity (Wildman–Crippen MR) is 199 cm³/mol. The number of hydrogen-bond acceptors (Lipinski definition) is 6. The van der Waals surface area contributed by atoms with Crippen LogP contribution in [0.4, 0.5) is 8.78 Å². The molecular formula is C44H43ClF2O6. The van der Waals surface area contributed by atoms with Gasteiger partial charge in [0.2, 0.25) is 5.79 Å². The zero-order chi connectivity index (χ0) is 36.8. The maximum Gasteiger partial charge on any atom is 0.225 e. The molecule has 0 aliphatic carbocycles. The summed E-state index contributed by atoms with van der Waals surface area (Å²) in [6.45, 7) is 4.10. The van der Waals surface area contributed by atoms with E-state index in [0.29, 0.717) is 34.7 Å². The number of rotatable bonds is 15. The van der Waals surface area contributed by atoms with E-state index in [9.17, 15) is 4.39 Å². The van der Waals surface area contributed by atoms with E-state index in [1.54, 1.807) is 19.1 Å². The molecule has 0 unspecified atom stereocenters. The van der Waals surface area contributed by atoms with Gasteiger partial charge in [-0.3, -0.25) is 0 Å². The summed E-state index contributed by atoms with van der Waals surface area (Å²) in [6.07, 6.45) is -3.93. The molecule has 0 amide bonds. The number of ether oxygens (including phenoxy) is 6. The van der Waals surface area contributed by atoms with Crippen molar-refractivity contribution in [1.29, 1.82) is 0 Å². The summed E-state index contributed by atoms with van der Waals surface area (Å²) in [5.74, 6) is -1.89. The van der Waals surface area contributed by atoms with Crippen molar-refractivity contribution in [2.24, 2.45) is 0 Å². The summed E-state index contributed by atoms with van der Waals surface area (Å²) in [4.78, 5) is 0. The Kier molecular flexibility index (Phi) is 11.6. The average molecular weight is 741 g/mol. The first-order valence-electron chi connectivity index (χ1n) is 18.0. The van der Waals surface area contributed by atoms with E-state index in [0.717, 1.165) is 16.7 Å². The van der Waals surface area contributed by atoms with Gasteiger partial charge < -0.3 is 28.4 Å². The molecule has 0 N–H and O–H groups in total. The summed E-state index contributed by atoms with van der Waals surface area (Å²) in [7, 11) is 0. The van der Waals surface area contributed by atoms with Gasteiger partial charge in [-0.05, 0) is 72.4 Å². The van der Waals surface area contributed by atoms with Gasteiger partial charge in [0.15, 0.2) is 17.2 Å². The lowest BCUT2D eigenvalue weighted by atomic mass is 9.80. The minimum absolute atomic E-state index is 0.122. The van der Waals surface area contributed by atoms with Gasteiger partial charge in [0, 0.05) is 10.6 Å². The summed E-state index contributed by atoms with van der Waals surface area (Å²) < 4.78 is 70.6. The van der Waals surface area contributed by atoms with E-state index in [-0.39, 0.29) is 32.2 Å². The van der Waals surface area contributed by atoms with Crippen LogP contribution in [0.25, 0.3) is 0 Å². The van der Waals surface area contributed by atoms with Crippen molar-refractivity contribution in [2.75, 3.05) is 13.2 Å². The third kappa shape index (κ3) is 7.90. The monoisotopic (exact) mass is 740 g/mol. The van der Waals surface area contributed by atoms with Crippen LogP contribution in [0.15, 0.2) is 127 Å². The molecule has 2 aliphatic rings. The standard InChI is InChI=1S/C44H43ClF2O6/c1-3-48-39-22-19-34(24-38(39)47)23-35-25-36(20-21-37(35)45)44-42(51-28-33-17-11-6-12-18-33)40(49-26-31-13-7-4-8-14-31)41(43(53-44,29-52-44)30(2)46)50-27-32-15-9-5-10-16-32/h4-22,24-25,30,40-42H,3,23,26-29H2,1-2H3/t30-,40-,41-,42+,43+,44-/m0/s1. The molecule has 5 aromatic carbocycles. The van der Waals surface area contributed by atoms with E-state index in [4.69, 9.17) is 40.0 Å². The first kappa shape index (κ1) is 37.2. The van der Waals surface area contributed by atoms with Crippen LogP contribution in [0, 0.1) is 5.82 Å². The van der Waals surface area contributed by atoms with E-state index < -0.39 is 41.7 Å². The summed E-state index contributed by atoms with van der Waals surface area (Å²) in [5, 5.41) is 0.473. The van der Waals surface area contributed by atoms with Gasteiger partial charge in [-0.15, -0.1) is 0 Å². The first-order valence-corrected chi connectivity index (χ1v) is 18.3. The average Bonchev–Trinajstić information content (AvgIpc) is 3.55. The van der Waals surface area contributed by atoms with Crippen LogP contribution in [0.1, 0.15) is 47.2 Å². The Morgan fingerprint density at radius 3 is 1.89 bits per heavy atom. The van der Waals surface area contributed by atoms with Gasteiger partial charge in [0.25, 0.3) is 0 Å². The Balaban J connectivity index is 1.31. The van der Waals surface area contributed by atoms with Crippen LogP contribution in [-0.2, 0) is 55.7 Å². The third-order valence-electron chi connectivity index (χ3n) is 9.95. The van der Waals surface area contributed by atoms with Crippen molar-refractivity contribution in [3.63, 3.8) is 0 Å². The molecule has 2 saturated heterocycles. The fraction of sp³-hybridized carbons (Fsp3) is 0.318. The fourth-order valence-corrected chi connectivity index (χ4v) is 7.38. The second kappa shape index (κ2) is 16.5. The van der Waals surface area contributed by atoms with Gasteiger partial charge in [0.1, 0.15) is 24.5 Å². The molecule has 2 fully saturated rings. The molecule has 53 heavy (non-hydrogen) atoms. The normalized spacial score (nSPS) is 24.2. The highest BCUT2D eigenvalue weighted by Gasteiger charge is 2.71. The molecule has 6 nitrogen and oxygen atoms in total. The van der Waals surface area contributed by atoms with Gasteiger partial charge in [0.05, 0.1) is 33.0 Å². The number of fused-ring (bicyclic) bond motifs is 2. The van der Waals surface area contributed by atoms with Gasteiger partial charge in [-0.1, -0.05) is 115 Å². The molecule has 0 saturated carbocycles. The van der Waals surface area contributed by atoms with Crippen molar-refractivity contribution in [3.05, 3.63) is 172 Å². The Morgan fingerprint density at radius 2 is 1.32 bits per heavy atom. The highest BCUT2D eigenvalue weighted by Crippen LogP contribution is 2.55. The van der Waals surface area contributed by atoms with Gasteiger partial charge in [-0.25, -0.2) is 8.78 Å². The second-order valence-electron chi connectivity index (χ2n) is 13.5. The van der Waals surface area contributed by atoms with E-state index in [1.165, 1.54) is 13.0 Å². The van der Waals surface area contributed by atoms with E-state index >= 15 is 4.39 Å². The van der Waals surface area contributed by atoms with E-state index in [2.05, 4.69) is 0 Å². The molecule has 6 atom stereocenters. The molecule has 9 heteroatoms. The van der Waals surface area contributed by atoms with Crippen LogP contribution in [0.5, 0.6) is 5.75 Å². The Morgan fingerprint density at radius 1 is 0.736 bits per heavy atom. The number of benzene rings is 5. The Bertz CT molecular complexity index is 1950. The molecule has 2 bridgehead atoms. The van der Waals surface area contributed by atoms with Crippen LogP contribution in [-0.4, -0.2) is 43.3 Å². The second-order valence-corrected chi connectivity index (χ2v) is 13.9. The Labute approximate surface area is 314 Å². The van der Waals surface area contributed by atoms with Gasteiger partial charge in [-0.2, -0.15) is 0 Å². The van der Waals surface area contributed by atoms with Crippen molar-refractivity contribution in [1.82, 2.24) is 0 Å². The zero-order valence-electron chi connectivity index (χ0n) is 29.8. The highest BCUT2D eigenvalue weighted by molar-refractivity contribution is 6.31.